The Morgan fingerprint density at radius 3 is 2.58 bits per heavy atom. The monoisotopic (exact) mass is 286 g/mol. The lowest BCUT2D eigenvalue weighted by Crippen LogP contribution is -2.45. The third-order valence-electron chi connectivity index (χ3n) is 2.33. The lowest BCUT2D eigenvalue weighted by atomic mass is 10.2. The van der Waals surface area contributed by atoms with Crippen molar-refractivity contribution in [2.75, 3.05) is 6.67 Å². The Morgan fingerprint density at radius 1 is 1.32 bits per heavy atom. The predicted octanol–water partition coefficient (Wildman–Crippen LogP) is 0.405. The topological polar surface area (TPSA) is 103 Å². The van der Waals surface area contributed by atoms with Gasteiger partial charge < -0.3 is 5.32 Å². The van der Waals surface area contributed by atoms with E-state index in [0.29, 0.717) is 5.56 Å². The van der Waals surface area contributed by atoms with E-state index in [9.17, 15) is 17.4 Å². The van der Waals surface area contributed by atoms with Gasteiger partial charge in [-0.1, -0.05) is 30.3 Å². The second-order valence-electron chi connectivity index (χ2n) is 3.67. The van der Waals surface area contributed by atoms with Crippen LogP contribution in [0.15, 0.2) is 40.3 Å². The summed E-state index contributed by atoms with van der Waals surface area (Å²) in [5.74, 6) is -0.112. The largest absolute Gasteiger partial charge is 0.334 e. The van der Waals surface area contributed by atoms with Crippen LogP contribution in [0.3, 0.4) is 0 Å². The van der Waals surface area contributed by atoms with Gasteiger partial charge in [-0.3, -0.25) is 9.87 Å². The van der Waals surface area contributed by atoms with Gasteiger partial charge in [0, 0.05) is 0 Å². The molecule has 0 aliphatic carbocycles. The Morgan fingerprint density at radius 2 is 2.00 bits per heavy atom. The number of hydrogen-bond donors (Lipinski definition) is 3. The third kappa shape index (κ3) is 3.48. The minimum atomic E-state index is -4.43. The molecule has 0 aromatic heterocycles. The summed E-state index contributed by atoms with van der Waals surface area (Å²) in [4.78, 5) is 7.07. The van der Waals surface area contributed by atoms with Crippen molar-refractivity contribution in [2.45, 2.75) is 5.37 Å². The molecule has 0 bridgehead atoms. The summed E-state index contributed by atoms with van der Waals surface area (Å²) in [5.41, 5.74) is 0.303. The van der Waals surface area contributed by atoms with E-state index in [1.54, 1.807) is 18.2 Å². The minimum absolute atomic E-state index is 0.112. The number of guanidine groups is 1. The lowest BCUT2D eigenvalue weighted by Gasteiger charge is -2.20. The molecule has 1 aliphatic rings. The number of rotatable bonds is 3. The predicted molar refractivity (Wildman–Crippen MR) is 67.8 cm³/mol. The maximum Gasteiger partial charge on any atom is 0.290 e. The van der Waals surface area contributed by atoms with Crippen LogP contribution in [0.2, 0.25) is 0 Å². The van der Waals surface area contributed by atoms with E-state index in [1.165, 1.54) is 12.1 Å². The zero-order valence-electron chi connectivity index (χ0n) is 9.62. The molecule has 1 aliphatic heterocycles. The van der Waals surface area contributed by atoms with Crippen molar-refractivity contribution in [1.82, 2.24) is 10.6 Å². The van der Waals surface area contributed by atoms with Crippen LogP contribution in [0, 0.1) is 0 Å². The zero-order chi connectivity index (χ0) is 13.9. The van der Waals surface area contributed by atoms with Crippen molar-refractivity contribution in [1.29, 1.82) is 0 Å². The van der Waals surface area contributed by atoms with Gasteiger partial charge in [0.05, 0.1) is 0 Å². The Hall–Kier alpha value is -2.00. The SMILES string of the molecule is O=S(=O)(O)C(NC1=NCN=C(F)N1)c1ccccc1. The minimum Gasteiger partial charge on any atom is -0.334 e. The molecule has 1 atom stereocenters. The standard InChI is InChI=1S/C10H11FN4O3S/c11-9-12-6-13-10(15-9)14-8(19(16,17)18)7-4-2-1-3-5-7/h1-5,8H,6H2,(H,16,17,18)(H2,12,13,14,15). The zero-order valence-corrected chi connectivity index (χ0v) is 10.4. The molecule has 19 heavy (non-hydrogen) atoms. The molecule has 0 radical (unpaired) electrons. The van der Waals surface area contributed by atoms with Gasteiger partial charge in [0.25, 0.3) is 16.2 Å². The maximum absolute atomic E-state index is 12.9. The molecule has 0 fully saturated rings. The highest BCUT2D eigenvalue weighted by molar-refractivity contribution is 7.86. The van der Waals surface area contributed by atoms with Crippen molar-refractivity contribution >= 4 is 22.2 Å². The molecule has 7 nitrogen and oxygen atoms in total. The highest BCUT2D eigenvalue weighted by Gasteiger charge is 2.26. The van der Waals surface area contributed by atoms with Crippen LogP contribution >= 0.6 is 0 Å². The molecule has 1 heterocycles. The number of benzene rings is 1. The summed E-state index contributed by atoms with van der Waals surface area (Å²) < 4.78 is 44.9. The normalized spacial score (nSPS) is 16.9. The Bertz CT molecular complexity index is 615. The van der Waals surface area contributed by atoms with Gasteiger partial charge in [-0.2, -0.15) is 12.8 Å². The average Bonchev–Trinajstić information content (AvgIpc) is 2.36. The van der Waals surface area contributed by atoms with Crippen LogP contribution in [-0.4, -0.2) is 31.7 Å². The lowest BCUT2D eigenvalue weighted by molar-refractivity contribution is 0.463. The second kappa shape index (κ2) is 5.33. The van der Waals surface area contributed by atoms with Crippen LogP contribution in [0.1, 0.15) is 10.9 Å². The maximum atomic E-state index is 12.9. The first-order valence-electron chi connectivity index (χ1n) is 5.26. The molecule has 0 amide bonds. The number of hydrogen-bond acceptors (Lipinski definition) is 6. The highest BCUT2D eigenvalue weighted by Crippen LogP contribution is 2.18. The van der Waals surface area contributed by atoms with E-state index >= 15 is 0 Å². The fraction of sp³-hybridized carbons (Fsp3) is 0.200. The molecule has 0 spiro atoms. The number of nitrogens with zero attached hydrogens (tertiary/aromatic N) is 2. The van der Waals surface area contributed by atoms with E-state index in [4.69, 9.17) is 0 Å². The number of amidine groups is 1. The Labute approximate surface area is 109 Å². The summed E-state index contributed by atoms with van der Waals surface area (Å²) in [7, 11) is -4.43. The number of halogens is 1. The molecule has 2 rings (SSSR count). The van der Waals surface area contributed by atoms with Crippen LogP contribution in [0.5, 0.6) is 0 Å². The van der Waals surface area contributed by atoms with Crippen molar-refractivity contribution in [2.24, 2.45) is 9.98 Å². The molecule has 0 saturated heterocycles. The summed E-state index contributed by atoms with van der Waals surface area (Å²) in [5, 5.41) is 3.12. The smallest absolute Gasteiger partial charge is 0.290 e. The molecular formula is C10H11FN4O3S. The summed E-state index contributed by atoms with van der Waals surface area (Å²) in [6.45, 7) is -0.159. The van der Waals surface area contributed by atoms with E-state index in [1.807, 2.05) is 0 Å². The Kier molecular flexibility index (Phi) is 3.76. The highest BCUT2D eigenvalue weighted by atomic mass is 32.2. The van der Waals surface area contributed by atoms with Crippen LogP contribution in [-0.2, 0) is 10.1 Å². The van der Waals surface area contributed by atoms with Gasteiger partial charge in [-0.05, 0) is 5.56 Å². The van der Waals surface area contributed by atoms with E-state index < -0.39 is 21.6 Å². The van der Waals surface area contributed by atoms with Gasteiger partial charge in [0.1, 0.15) is 6.67 Å². The molecule has 3 N–H and O–H groups in total. The van der Waals surface area contributed by atoms with E-state index in [2.05, 4.69) is 20.6 Å². The fourth-order valence-electron chi connectivity index (χ4n) is 1.51. The third-order valence-corrected chi connectivity index (χ3v) is 3.31. The number of nitrogens with one attached hydrogen (secondary N) is 2. The van der Waals surface area contributed by atoms with Crippen molar-refractivity contribution in [3.8, 4) is 0 Å². The van der Waals surface area contributed by atoms with Crippen molar-refractivity contribution < 1.29 is 17.4 Å². The molecule has 9 heteroatoms. The van der Waals surface area contributed by atoms with Crippen molar-refractivity contribution in [3.63, 3.8) is 0 Å². The first-order chi connectivity index (χ1) is 8.97. The second-order valence-corrected chi connectivity index (χ2v) is 5.17. The molecular weight excluding hydrogens is 275 g/mol. The average molecular weight is 286 g/mol. The molecule has 1 unspecified atom stereocenters. The van der Waals surface area contributed by atoms with Gasteiger partial charge >= 0.3 is 0 Å². The summed E-state index contributed by atoms with van der Waals surface area (Å²) in [6.07, 6.45) is -0.875. The summed E-state index contributed by atoms with van der Waals surface area (Å²) in [6, 6.07) is 7.96. The van der Waals surface area contributed by atoms with Crippen LogP contribution in [0.25, 0.3) is 0 Å². The molecule has 102 valence electrons. The van der Waals surface area contributed by atoms with Gasteiger partial charge in [-0.15, -0.1) is 0 Å². The van der Waals surface area contributed by atoms with E-state index in [0.717, 1.165) is 0 Å². The summed E-state index contributed by atoms with van der Waals surface area (Å²) >= 11 is 0. The molecule has 1 aromatic carbocycles. The first-order valence-corrected chi connectivity index (χ1v) is 6.76. The van der Waals surface area contributed by atoms with Crippen LogP contribution in [0.4, 0.5) is 4.39 Å². The van der Waals surface area contributed by atoms with Crippen LogP contribution < -0.4 is 10.6 Å². The molecule has 1 aromatic rings. The fourth-order valence-corrected chi connectivity index (χ4v) is 2.27. The van der Waals surface area contributed by atoms with Gasteiger partial charge in [0.2, 0.25) is 5.96 Å². The Balaban J connectivity index is 2.24. The van der Waals surface area contributed by atoms with Gasteiger partial charge in [-0.25, -0.2) is 9.98 Å². The van der Waals surface area contributed by atoms with Crippen molar-refractivity contribution in [3.05, 3.63) is 35.9 Å². The molecule has 0 saturated carbocycles. The van der Waals surface area contributed by atoms with Gasteiger partial charge in [0.15, 0.2) is 5.37 Å². The number of aliphatic imine (C=N–C) groups is 2. The quantitative estimate of drug-likeness (QED) is 0.551. The van der Waals surface area contributed by atoms with E-state index in [-0.39, 0.29) is 12.6 Å². The first kappa shape index (κ1) is 13.4.